The molecule has 1 N–H and O–H groups in total. The molecular formula is C13H19F3N2O4. The molecule has 2 unspecified atom stereocenters. The van der Waals surface area contributed by atoms with Crippen LogP contribution in [0, 0.1) is 0 Å². The van der Waals surface area contributed by atoms with E-state index in [1.165, 1.54) is 26.3 Å². The van der Waals surface area contributed by atoms with Crippen LogP contribution in [0.15, 0.2) is 12.2 Å². The van der Waals surface area contributed by atoms with E-state index in [4.69, 9.17) is 14.3 Å². The Morgan fingerprint density at radius 1 is 1.36 bits per heavy atom. The van der Waals surface area contributed by atoms with Crippen LogP contribution >= 0.6 is 0 Å². The van der Waals surface area contributed by atoms with E-state index >= 15 is 0 Å². The summed E-state index contributed by atoms with van der Waals surface area (Å²) in [4.78, 5) is 16.3. The molecule has 0 aliphatic carbocycles. The third-order valence-corrected chi connectivity index (χ3v) is 3.73. The molecule has 2 aliphatic heterocycles. The number of carbonyl (C=O) groups excluding carboxylic acids is 1. The van der Waals surface area contributed by atoms with Crippen LogP contribution in [-0.4, -0.2) is 62.4 Å². The minimum Gasteiger partial charge on any atom is -0.347 e. The van der Waals surface area contributed by atoms with Crippen LogP contribution in [0.1, 0.15) is 12.8 Å². The van der Waals surface area contributed by atoms with Gasteiger partial charge in [-0.25, -0.2) is 5.06 Å². The van der Waals surface area contributed by atoms with Crippen LogP contribution in [0.5, 0.6) is 0 Å². The van der Waals surface area contributed by atoms with Crippen LogP contribution in [0.25, 0.3) is 0 Å². The third-order valence-electron chi connectivity index (χ3n) is 3.73. The number of nitrogens with one attached hydrogen (secondary N) is 1. The first-order valence-electron chi connectivity index (χ1n) is 6.86. The number of rotatable bonds is 3. The lowest BCUT2D eigenvalue weighted by Crippen LogP contribution is -2.58. The molecule has 126 valence electrons. The molecule has 0 bridgehead atoms. The van der Waals surface area contributed by atoms with Crippen molar-refractivity contribution in [3.63, 3.8) is 0 Å². The Morgan fingerprint density at radius 3 is 2.55 bits per heavy atom. The summed E-state index contributed by atoms with van der Waals surface area (Å²) in [5.41, 5.74) is 0. The van der Waals surface area contributed by atoms with Gasteiger partial charge in [-0.3, -0.25) is 14.9 Å². The van der Waals surface area contributed by atoms with Crippen LogP contribution in [-0.2, 0) is 19.1 Å². The summed E-state index contributed by atoms with van der Waals surface area (Å²) in [5, 5.41) is 3.44. The summed E-state index contributed by atoms with van der Waals surface area (Å²) in [6.07, 6.45) is -1.96. The second-order valence-corrected chi connectivity index (χ2v) is 5.26. The Labute approximate surface area is 126 Å². The van der Waals surface area contributed by atoms with Gasteiger partial charge < -0.3 is 9.47 Å². The first kappa shape index (κ1) is 17.2. The summed E-state index contributed by atoms with van der Waals surface area (Å²) in [6.45, 7) is 0.540. The zero-order chi connectivity index (χ0) is 16.4. The van der Waals surface area contributed by atoms with Crippen molar-refractivity contribution in [3.8, 4) is 0 Å². The highest BCUT2D eigenvalue weighted by atomic mass is 19.4. The van der Waals surface area contributed by atoms with Gasteiger partial charge in [0, 0.05) is 32.0 Å². The Morgan fingerprint density at radius 2 is 2.00 bits per heavy atom. The quantitative estimate of drug-likeness (QED) is 0.620. The van der Waals surface area contributed by atoms with Crippen molar-refractivity contribution in [2.45, 2.75) is 36.9 Å². The van der Waals surface area contributed by atoms with Crippen molar-refractivity contribution in [2.75, 3.05) is 27.4 Å². The zero-order valence-corrected chi connectivity index (χ0v) is 12.4. The maximum absolute atomic E-state index is 13.0. The molecule has 6 nitrogen and oxygen atoms in total. The van der Waals surface area contributed by atoms with Gasteiger partial charge in [-0.15, -0.1) is 0 Å². The number of hydrogen-bond acceptors (Lipinski definition) is 5. The van der Waals surface area contributed by atoms with Gasteiger partial charge in [-0.05, 0) is 0 Å². The first-order valence-corrected chi connectivity index (χ1v) is 6.86. The number of nitrogens with zero attached hydrogens (tertiary/aromatic N) is 1. The fourth-order valence-corrected chi connectivity index (χ4v) is 2.57. The lowest BCUT2D eigenvalue weighted by molar-refractivity contribution is -0.230. The third kappa shape index (κ3) is 3.97. The molecule has 1 spiro atoms. The Bertz CT molecular complexity index is 435. The van der Waals surface area contributed by atoms with Gasteiger partial charge in [0.2, 0.25) is 0 Å². The fraction of sp³-hybridized carbons (Fsp3) is 0.769. The predicted octanol–water partition coefficient (Wildman–Crippen LogP) is 0.988. The van der Waals surface area contributed by atoms with Crippen molar-refractivity contribution >= 4 is 5.91 Å². The second kappa shape index (κ2) is 6.53. The number of ether oxygens (including phenoxy) is 2. The van der Waals surface area contributed by atoms with E-state index < -0.39 is 30.0 Å². The highest BCUT2D eigenvalue weighted by Gasteiger charge is 2.52. The molecule has 2 saturated heterocycles. The van der Waals surface area contributed by atoms with E-state index in [1.807, 2.05) is 0 Å². The molecule has 2 heterocycles. The molecule has 0 aromatic carbocycles. The molecule has 0 aromatic rings. The molecule has 1 amide bonds. The molecule has 2 atom stereocenters. The van der Waals surface area contributed by atoms with Crippen molar-refractivity contribution in [3.05, 3.63) is 12.2 Å². The van der Waals surface area contributed by atoms with Crippen LogP contribution in [0.3, 0.4) is 0 Å². The summed E-state index contributed by atoms with van der Waals surface area (Å²) in [5.74, 6) is -1.71. The minimum atomic E-state index is -4.41. The topological polar surface area (TPSA) is 60.0 Å². The van der Waals surface area contributed by atoms with Gasteiger partial charge in [-0.1, -0.05) is 6.08 Å². The van der Waals surface area contributed by atoms with E-state index in [9.17, 15) is 18.0 Å². The van der Waals surface area contributed by atoms with Gasteiger partial charge in [-0.2, -0.15) is 13.2 Å². The normalized spacial score (nSPS) is 28.4. The van der Waals surface area contributed by atoms with Crippen molar-refractivity contribution in [1.29, 1.82) is 0 Å². The average Bonchev–Trinajstić information content (AvgIpc) is 2.90. The van der Waals surface area contributed by atoms with E-state index in [1.54, 1.807) is 0 Å². The molecule has 0 aromatic heterocycles. The van der Waals surface area contributed by atoms with Crippen molar-refractivity contribution in [2.24, 2.45) is 0 Å². The lowest BCUT2D eigenvalue weighted by Gasteiger charge is -2.41. The summed E-state index contributed by atoms with van der Waals surface area (Å²) in [6, 6.07) is -2.43. The fourth-order valence-electron chi connectivity index (χ4n) is 2.57. The summed E-state index contributed by atoms with van der Waals surface area (Å²) < 4.78 is 49.9. The summed E-state index contributed by atoms with van der Waals surface area (Å²) >= 11 is 0. The summed E-state index contributed by atoms with van der Waals surface area (Å²) in [7, 11) is 2.73. The molecule has 22 heavy (non-hydrogen) atoms. The van der Waals surface area contributed by atoms with Gasteiger partial charge in [0.05, 0.1) is 20.3 Å². The standard InChI is InChI=1S/C13H19F3N2O4/c1-18(20-2)11(19)4-3-9-7-12(21-5-6-22-12)8-10(17-9)13(14,15)16/h3-4,9-10,17H,5-8H2,1-2H3/b4-3+. The number of likely N-dealkylation sites (N-methyl/N-ethyl adjacent to an activating group) is 1. The van der Waals surface area contributed by atoms with E-state index in [-0.39, 0.29) is 26.1 Å². The number of alkyl halides is 3. The van der Waals surface area contributed by atoms with Gasteiger partial charge in [0.1, 0.15) is 6.04 Å². The van der Waals surface area contributed by atoms with E-state index in [0.29, 0.717) is 0 Å². The number of hydrogen-bond donors (Lipinski definition) is 1. The molecule has 0 radical (unpaired) electrons. The minimum absolute atomic E-state index is 0.208. The number of hydroxylamine groups is 2. The Hall–Kier alpha value is -1.16. The highest BCUT2D eigenvalue weighted by molar-refractivity contribution is 5.86. The maximum atomic E-state index is 13.0. The van der Waals surface area contributed by atoms with Crippen LogP contribution in [0.2, 0.25) is 0 Å². The largest absolute Gasteiger partial charge is 0.404 e. The second-order valence-electron chi connectivity index (χ2n) is 5.26. The van der Waals surface area contributed by atoms with Crippen LogP contribution < -0.4 is 5.32 Å². The monoisotopic (exact) mass is 324 g/mol. The van der Waals surface area contributed by atoms with Gasteiger partial charge >= 0.3 is 6.18 Å². The first-order chi connectivity index (χ1) is 10.3. The lowest BCUT2D eigenvalue weighted by atomic mass is 9.91. The predicted molar refractivity (Wildman–Crippen MR) is 69.6 cm³/mol. The highest BCUT2D eigenvalue weighted by Crippen LogP contribution is 2.38. The zero-order valence-electron chi connectivity index (χ0n) is 12.4. The maximum Gasteiger partial charge on any atom is 0.404 e. The van der Waals surface area contributed by atoms with Crippen molar-refractivity contribution < 1.29 is 32.3 Å². The van der Waals surface area contributed by atoms with E-state index in [2.05, 4.69) is 5.32 Å². The van der Waals surface area contributed by atoms with Gasteiger partial charge in [0.15, 0.2) is 5.79 Å². The number of halogens is 3. The number of piperidine rings is 1. The van der Waals surface area contributed by atoms with E-state index in [0.717, 1.165) is 5.06 Å². The molecule has 2 aliphatic rings. The Balaban J connectivity index is 2.09. The molecule has 2 fully saturated rings. The molecule has 0 saturated carbocycles. The average molecular weight is 324 g/mol. The SMILES string of the molecule is CON(C)C(=O)/C=C/C1CC2(CC(C(F)(F)F)N1)OCCO2. The molecular weight excluding hydrogens is 305 g/mol. The Kier molecular flexibility index (Phi) is 5.10. The number of amides is 1. The molecule has 2 rings (SSSR count). The molecule has 9 heteroatoms. The smallest absolute Gasteiger partial charge is 0.347 e. The van der Waals surface area contributed by atoms with Crippen molar-refractivity contribution in [1.82, 2.24) is 10.4 Å². The van der Waals surface area contributed by atoms with Crippen LogP contribution in [0.4, 0.5) is 13.2 Å². The number of carbonyl (C=O) groups is 1. The van der Waals surface area contributed by atoms with Gasteiger partial charge in [0.25, 0.3) is 5.91 Å².